The second-order valence-corrected chi connectivity index (χ2v) is 28.2. The highest BCUT2D eigenvalue weighted by atomic mass is 16.5. The molecule has 122 heavy (non-hydrogen) atoms. The van der Waals surface area contributed by atoms with Crippen molar-refractivity contribution in [2.75, 3.05) is 6.61 Å². The first-order valence-corrected chi connectivity index (χ1v) is 40.0. The predicted octanol–water partition coefficient (Wildman–Crippen LogP) is 22.9. The zero-order valence-electron chi connectivity index (χ0n) is 67.7. The minimum atomic E-state index is -1.03. The quantitative estimate of drug-likeness (QED) is 0.0400. The molecule has 5 aromatic heterocycles. The van der Waals surface area contributed by atoms with E-state index in [9.17, 15) is 9.59 Å². The number of hydrogen-bond donors (Lipinski definition) is 2. The Hall–Kier alpha value is -15.6. The molecule has 0 saturated carbocycles. The molecule has 1 atom stereocenters. The molecule has 18 heteroatoms. The van der Waals surface area contributed by atoms with Crippen LogP contribution < -0.4 is 37.9 Å². The van der Waals surface area contributed by atoms with Gasteiger partial charge in [-0.25, -0.2) is 29.7 Å². The van der Waals surface area contributed by atoms with Crippen LogP contribution in [0.5, 0.6) is 46.0 Å². The second kappa shape index (κ2) is 42.5. The van der Waals surface area contributed by atoms with Gasteiger partial charge in [-0.05, 0) is 175 Å². The minimum Gasteiger partial charge on any atom is -0.489 e. The van der Waals surface area contributed by atoms with Crippen LogP contribution in [0.2, 0.25) is 0 Å². The van der Waals surface area contributed by atoms with Gasteiger partial charge in [-0.15, -0.1) is 0 Å². The van der Waals surface area contributed by atoms with Crippen LogP contribution in [0.4, 0.5) is 0 Å². The van der Waals surface area contributed by atoms with Crippen molar-refractivity contribution in [2.24, 2.45) is 0 Å². The maximum Gasteiger partial charge on any atom is 0.341 e. The third kappa shape index (κ3) is 24.5. The van der Waals surface area contributed by atoms with E-state index < -0.39 is 18.7 Å². The largest absolute Gasteiger partial charge is 0.489 e. The number of ketones is 1. The normalized spacial score (nSPS) is 11.2. The van der Waals surface area contributed by atoms with Crippen molar-refractivity contribution < 1.29 is 52.6 Å². The van der Waals surface area contributed by atoms with Gasteiger partial charge >= 0.3 is 5.97 Å². The molecule has 0 aliphatic heterocycles. The number of carboxylic acids is 1. The average Bonchev–Trinajstić information content (AvgIpc) is 0.955. The Balaban J connectivity index is 0.000000133. The molecule has 1 unspecified atom stereocenters. The summed E-state index contributed by atoms with van der Waals surface area (Å²) in [6, 6.07) is 111. The van der Waals surface area contributed by atoms with E-state index in [1.54, 1.807) is 19.1 Å². The molecular formula is C104H89N7O11. The van der Waals surface area contributed by atoms with E-state index in [0.29, 0.717) is 56.0 Å². The molecule has 0 radical (unpaired) electrons. The van der Waals surface area contributed by atoms with Crippen LogP contribution in [0.15, 0.2) is 346 Å². The lowest BCUT2D eigenvalue weighted by molar-refractivity contribution is -0.139. The lowest BCUT2D eigenvalue weighted by Gasteiger charge is -2.13. The number of fused-ring (bicyclic) bond motifs is 4. The van der Waals surface area contributed by atoms with Gasteiger partial charge in [0.1, 0.15) is 92.0 Å². The molecule has 5 heterocycles. The third-order valence-corrected chi connectivity index (χ3v) is 19.5. The summed E-state index contributed by atoms with van der Waals surface area (Å²) in [5.41, 5.74) is 15.9. The summed E-state index contributed by atoms with van der Waals surface area (Å²) >= 11 is 0. The van der Waals surface area contributed by atoms with Crippen LogP contribution >= 0.6 is 0 Å². The number of carbonyl (C=O) groups is 2. The van der Waals surface area contributed by atoms with Crippen molar-refractivity contribution in [3.05, 3.63) is 408 Å². The van der Waals surface area contributed by atoms with E-state index in [4.69, 9.17) is 43.0 Å². The molecule has 0 aliphatic carbocycles. The Labute approximate surface area is 708 Å². The van der Waals surface area contributed by atoms with Crippen LogP contribution in [0.25, 0.3) is 79.3 Å². The van der Waals surface area contributed by atoms with Crippen molar-refractivity contribution in [1.82, 2.24) is 35.1 Å². The molecule has 12 aromatic carbocycles. The summed E-state index contributed by atoms with van der Waals surface area (Å²) in [5, 5.41) is 20.1. The fourth-order valence-electron chi connectivity index (χ4n) is 12.8. The van der Waals surface area contributed by atoms with Crippen LogP contribution in [0.3, 0.4) is 0 Å². The molecule has 2 N–H and O–H groups in total. The molecule has 18 nitrogen and oxygen atoms in total. The Morgan fingerprint density at radius 2 is 0.754 bits per heavy atom. The summed E-state index contributed by atoms with van der Waals surface area (Å²) in [7, 11) is 0. The zero-order valence-corrected chi connectivity index (χ0v) is 67.7. The summed E-state index contributed by atoms with van der Waals surface area (Å²) in [6.45, 7) is 7.51. The zero-order chi connectivity index (χ0) is 83.9. The van der Waals surface area contributed by atoms with E-state index in [0.717, 1.165) is 135 Å². The van der Waals surface area contributed by atoms with E-state index >= 15 is 0 Å². The highest BCUT2D eigenvalue weighted by Crippen LogP contribution is 2.29. The summed E-state index contributed by atoms with van der Waals surface area (Å²) in [4.78, 5) is 45.0. The van der Waals surface area contributed by atoms with Gasteiger partial charge in [0.2, 0.25) is 0 Å². The van der Waals surface area contributed by atoms with Crippen molar-refractivity contribution in [3.8, 4) is 57.4 Å². The fraction of sp³-hybridized carbons (Fsp3) is 0.115. The van der Waals surface area contributed by atoms with Crippen molar-refractivity contribution in [2.45, 2.75) is 72.9 Å². The highest BCUT2D eigenvalue weighted by molar-refractivity contribution is 5.83. The number of H-pyrrole nitrogens is 1. The second-order valence-electron chi connectivity index (χ2n) is 28.2. The average molecular weight is 1610 g/mol. The smallest absolute Gasteiger partial charge is 0.341 e. The van der Waals surface area contributed by atoms with Gasteiger partial charge in [0.15, 0.2) is 24.3 Å². The van der Waals surface area contributed by atoms with Gasteiger partial charge in [0, 0.05) is 44.3 Å². The standard InChI is InChI=1S/C28H25NO3.C26H20N4O.C25H21NO5.C25H23NO2/c1-20(30)21(2)32-28-10-6-4-8-24(28)14-11-22-12-17-26(18-13-22)31-19-25-16-15-23-7-3-5-9-27(23)29-25;1-2-7-25-21(5-1)12-13-23(29-25)17-31-24-14-10-19(11-15-24)8-9-20-4-3-6-22(16-20)26-27-18-28-30-26;27-25(28)17-31-24-11-4-2-7-19(24)15-29-21-8-5-9-22(14-21)30-16-20-13-12-18-6-1-3-10-23(18)26-20;1-2-19-7-3-4-9-21(19)17-27-23-13-15-24(16-14-23)28-18-22-12-11-20-8-5-6-10-25(20)26-22/h3-18,21H,19H2,1-2H3;1-16,18H,17H2,(H,27,28,30);1-14H,15-17H2,(H,27,28);3-16H,2,17-18H2,1H3/b14-11-;9-8+;;. The Bertz CT molecular complexity index is 6360. The SMILES string of the molecule is C(=C\c1cccc(-c2ncn[nH]2)c1)/c1ccc(OCc2ccc3ccccc3n2)cc1.CC(=O)C(C)Oc1ccccc1/C=C\c1ccc(OCc2ccc3ccccc3n2)cc1.CCc1ccccc1COc1ccc(OCc2ccc3ccccc3n2)cc1.O=C(O)COc1ccccc1COc1cccc(OCc2ccc3ccccc3n2)c1. The Kier molecular flexibility index (Phi) is 28.9. The molecular weight excluding hydrogens is 1520 g/mol. The number of Topliss-reactive ketones (excluding diaryl/α,β-unsaturated/α-hetero) is 1. The maximum atomic E-state index is 11.5. The summed E-state index contributed by atoms with van der Waals surface area (Å²) in [6.07, 6.45) is 10.2. The van der Waals surface area contributed by atoms with Gasteiger partial charge in [-0.1, -0.05) is 237 Å². The summed E-state index contributed by atoms with van der Waals surface area (Å²) < 4.78 is 46.5. The lowest BCUT2D eigenvalue weighted by Crippen LogP contribution is -2.20. The molecule has 0 bridgehead atoms. The van der Waals surface area contributed by atoms with E-state index in [2.05, 4.69) is 121 Å². The highest BCUT2D eigenvalue weighted by Gasteiger charge is 2.14. The van der Waals surface area contributed by atoms with Crippen molar-refractivity contribution in [3.63, 3.8) is 0 Å². The fourth-order valence-corrected chi connectivity index (χ4v) is 12.8. The molecule has 0 fully saturated rings. The first-order valence-electron chi connectivity index (χ1n) is 40.0. The number of aryl methyl sites for hydroxylation is 1. The first kappa shape index (κ1) is 82.9. The molecule has 17 aromatic rings. The number of ether oxygens (including phenoxy) is 8. The Morgan fingerprint density at radius 1 is 0.361 bits per heavy atom. The first-order chi connectivity index (χ1) is 59.9. The number of benzene rings is 12. The van der Waals surface area contributed by atoms with Crippen molar-refractivity contribution in [1.29, 1.82) is 0 Å². The van der Waals surface area contributed by atoms with Crippen LogP contribution in [0.1, 0.15) is 82.5 Å². The summed E-state index contributed by atoms with van der Waals surface area (Å²) in [5.74, 6) is 5.46. The number of para-hydroxylation sites is 6. The van der Waals surface area contributed by atoms with Gasteiger partial charge in [0.25, 0.3) is 0 Å². The van der Waals surface area contributed by atoms with Gasteiger partial charge in [-0.2, -0.15) is 5.10 Å². The number of carbonyl (C=O) groups excluding carboxylic acids is 1. The lowest BCUT2D eigenvalue weighted by atomic mass is 10.1. The Morgan fingerprint density at radius 3 is 1.23 bits per heavy atom. The molecule has 0 saturated heterocycles. The maximum absolute atomic E-state index is 11.5. The van der Waals surface area contributed by atoms with Crippen LogP contribution in [-0.2, 0) is 55.7 Å². The minimum absolute atomic E-state index is 0.00161. The molecule has 17 rings (SSSR count). The number of pyridine rings is 4. The number of aliphatic carboxylic acids is 1. The number of carboxylic acid groups (broad SMARTS) is 1. The van der Waals surface area contributed by atoms with Gasteiger partial charge in [0.05, 0.1) is 44.8 Å². The van der Waals surface area contributed by atoms with E-state index in [1.807, 2.05) is 273 Å². The number of hydrogen-bond acceptors (Lipinski definition) is 16. The third-order valence-electron chi connectivity index (χ3n) is 19.5. The molecule has 0 spiro atoms. The number of nitrogens with zero attached hydrogens (tertiary/aromatic N) is 6. The number of nitrogens with one attached hydrogen (secondary N) is 1. The van der Waals surface area contributed by atoms with Gasteiger partial charge in [-0.3, -0.25) is 9.89 Å². The van der Waals surface area contributed by atoms with E-state index in [1.165, 1.54) is 24.4 Å². The van der Waals surface area contributed by atoms with Crippen LogP contribution in [-0.4, -0.2) is 64.7 Å². The number of rotatable bonds is 30. The molecule has 606 valence electrons. The molecule has 0 aliphatic rings. The van der Waals surface area contributed by atoms with Gasteiger partial charge < -0.3 is 43.0 Å². The van der Waals surface area contributed by atoms with E-state index in [-0.39, 0.29) is 12.4 Å². The van der Waals surface area contributed by atoms with Crippen molar-refractivity contribution >= 4 is 79.7 Å². The number of aromatic nitrogens is 7. The molecule has 0 amide bonds. The topological polar surface area (TPSA) is 221 Å². The predicted molar refractivity (Wildman–Crippen MR) is 481 cm³/mol. The monoisotopic (exact) mass is 1610 g/mol. The van der Waals surface area contributed by atoms with Crippen LogP contribution in [0, 0.1) is 0 Å². The number of aromatic amines is 1.